The van der Waals surface area contributed by atoms with Gasteiger partial charge in [0.1, 0.15) is 5.69 Å². The second-order valence-corrected chi connectivity index (χ2v) is 7.85. The summed E-state index contributed by atoms with van der Waals surface area (Å²) in [4.78, 5) is 31.4. The molecule has 3 N–H and O–H groups in total. The van der Waals surface area contributed by atoms with Gasteiger partial charge >= 0.3 is 5.97 Å². The van der Waals surface area contributed by atoms with Gasteiger partial charge in [0.2, 0.25) is 0 Å². The fraction of sp³-hybridized carbons (Fsp3) is 0.364. The van der Waals surface area contributed by atoms with E-state index >= 15 is 0 Å². The minimum atomic E-state index is -0.742. The van der Waals surface area contributed by atoms with Gasteiger partial charge in [0.05, 0.1) is 23.5 Å². The van der Waals surface area contributed by atoms with Crippen molar-refractivity contribution < 1.29 is 14.7 Å². The lowest BCUT2D eigenvalue weighted by Gasteiger charge is -2.31. The Morgan fingerprint density at radius 3 is 2.29 bits per heavy atom. The molecule has 0 saturated carbocycles. The second-order valence-electron chi connectivity index (χ2n) is 7.85. The highest BCUT2D eigenvalue weighted by Gasteiger charge is 2.29. The summed E-state index contributed by atoms with van der Waals surface area (Å²) in [5.74, 6) is -1.33. The maximum absolute atomic E-state index is 11.6. The number of primary amides is 1. The molecule has 0 radical (unpaired) electrons. The number of hydrogen-bond acceptors (Lipinski definition) is 4. The van der Waals surface area contributed by atoms with Crippen LogP contribution in [0.2, 0.25) is 0 Å². The average Bonchev–Trinajstić information content (AvgIpc) is 2.61. The molecule has 0 saturated heterocycles. The summed E-state index contributed by atoms with van der Waals surface area (Å²) in [6.45, 7) is 5.62. The maximum atomic E-state index is 11.6. The fourth-order valence-corrected chi connectivity index (χ4v) is 3.78. The van der Waals surface area contributed by atoms with E-state index in [1.807, 2.05) is 38.1 Å². The van der Waals surface area contributed by atoms with Crippen LogP contribution < -0.4 is 5.73 Å². The highest BCUT2D eigenvalue weighted by atomic mass is 16.4. The number of rotatable bonds is 5. The number of aliphatic carboxylic acids is 1. The molecule has 6 nitrogen and oxygen atoms in total. The van der Waals surface area contributed by atoms with Crippen molar-refractivity contribution >= 4 is 17.4 Å². The van der Waals surface area contributed by atoms with Gasteiger partial charge in [0.25, 0.3) is 5.91 Å². The number of aryl methyl sites for hydroxylation is 2. The molecule has 0 spiro atoms. The fourth-order valence-electron chi connectivity index (χ4n) is 3.78. The summed E-state index contributed by atoms with van der Waals surface area (Å²) >= 11 is 0. The Balaban J connectivity index is 1.84. The molecule has 6 heteroatoms. The van der Waals surface area contributed by atoms with E-state index in [9.17, 15) is 9.59 Å². The van der Waals surface area contributed by atoms with E-state index in [1.54, 1.807) is 6.92 Å². The third-order valence-electron chi connectivity index (χ3n) is 5.42. The molecular formula is C22H25N3O3. The average molecular weight is 379 g/mol. The molecule has 1 heterocycles. The van der Waals surface area contributed by atoms with Gasteiger partial charge in [0, 0.05) is 5.56 Å². The first-order valence-electron chi connectivity index (χ1n) is 9.35. The van der Waals surface area contributed by atoms with Gasteiger partial charge in [-0.1, -0.05) is 37.3 Å². The highest BCUT2D eigenvalue weighted by Crippen LogP contribution is 2.41. The summed E-state index contributed by atoms with van der Waals surface area (Å²) in [5, 5.41) is 9.09. The lowest BCUT2D eigenvalue weighted by atomic mass is 9.73. The summed E-state index contributed by atoms with van der Waals surface area (Å²) in [6, 6.07) is 8.01. The molecule has 1 aliphatic rings. The van der Waals surface area contributed by atoms with E-state index < -0.39 is 11.9 Å². The number of carboxylic acid groups (broad SMARTS) is 1. The molecule has 1 aliphatic carbocycles. The third-order valence-corrected chi connectivity index (χ3v) is 5.42. The third kappa shape index (κ3) is 4.11. The Kier molecular flexibility index (Phi) is 5.31. The Hall–Kier alpha value is -3.02. The van der Waals surface area contributed by atoms with Crippen molar-refractivity contribution in [2.45, 2.75) is 46.5 Å². The van der Waals surface area contributed by atoms with Crippen LogP contribution in [0, 0.1) is 19.3 Å². The molecule has 1 unspecified atom stereocenters. The first-order chi connectivity index (χ1) is 13.2. The molecule has 0 bridgehead atoms. The van der Waals surface area contributed by atoms with E-state index in [0.717, 1.165) is 36.1 Å². The lowest BCUT2D eigenvalue weighted by Crippen LogP contribution is -2.22. The number of carbonyl (C=O) groups excluding carboxylic acids is 1. The van der Waals surface area contributed by atoms with Crippen LogP contribution in [0.15, 0.2) is 30.3 Å². The number of nitrogens with zero attached hydrogens (tertiary/aromatic N) is 2. The highest BCUT2D eigenvalue weighted by molar-refractivity contribution is 5.92. The van der Waals surface area contributed by atoms with Gasteiger partial charge in [-0.15, -0.1) is 0 Å². The number of benzene rings is 1. The van der Waals surface area contributed by atoms with Crippen molar-refractivity contribution in [3.8, 4) is 11.3 Å². The van der Waals surface area contributed by atoms with Crippen LogP contribution in [0.1, 0.15) is 60.0 Å². The van der Waals surface area contributed by atoms with Crippen LogP contribution in [0.3, 0.4) is 0 Å². The smallest absolute Gasteiger partial charge is 0.303 e. The molecule has 146 valence electrons. The summed E-state index contributed by atoms with van der Waals surface area (Å²) in [6.07, 6.45) is 4.84. The van der Waals surface area contributed by atoms with Crippen LogP contribution in [0.5, 0.6) is 0 Å². The minimum absolute atomic E-state index is 0.172. The molecule has 0 fully saturated rings. The van der Waals surface area contributed by atoms with Gasteiger partial charge in [0.15, 0.2) is 0 Å². The SMILES string of the molecule is Cc1nc(C)c(-c2ccc(C3=CCC(C)(CC(=O)O)CC3)cc2)nc1C(N)=O. The maximum Gasteiger partial charge on any atom is 0.303 e. The number of nitrogens with two attached hydrogens (primary N) is 1. The molecule has 1 atom stereocenters. The predicted molar refractivity (Wildman–Crippen MR) is 108 cm³/mol. The van der Waals surface area contributed by atoms with Crippen LogP contribution in [0.25, 0.3) is 16.8 Å². The Morgan fingerprint density at radius 1 is 1.11 bits per heavy atom. The van der Waals surface area contributed by atoms with E-state index in [2.05, 4.69) is 16.0 Å². The van der Waals surface area contributed by atoms with Gasteiger partial charge < -0.3 is 10.8 Å². The molecule has 1 aromatic heterocycles. The van der Waals surface area contributed by atoms with Crippen molar-refractivity contribution in [3.05, 3.63) is 53.0 Å². The van der Waals surface area contributed by atoms with Crippen LogP contribution in [0.4, 0.5) is 0 Å². The van der Waals surface area contributed by atoms with Crippen molar-refractivity contribution in [3.63, 3.8) is 0 Å². The number of hydrogen-bond donors (Lipinski definition) is 2. The zero-order chi connectivity index (χ0) is 20.5. The Morgan fingerprint density at radius 2 is 1.75 bits per heavy atom. The van der Waals surface area contributed by atoms with Crippen molar-refractivity contribution in [2.75, 3.05) is 0 Å². The first-order valence-corrected chi connectivity index (χ1v) is 9.35. The van der Waals surface area contributed by atoms with E-state index in [4.69, 9.17) is 10.8 Å². The Bertz CT molecular complexity index is 964. The normalized spacial score (nSPS) is 19.2. The van der Waals surface area contributed by atoms with Gasteiger partial charge in [-0.3, -0.25) is 14.6 Å². The predicted octanol–water partition coefficient (Wildman–Crippen LogP) is 3.91. The van der Waals surface area contributed by atoms with Crippen LogP contribution in [-0.4, -0.2) is 27.0 Å². The minimum Gasteiger partial charge on any atom is -0.481 e. The molecule has 28 heavy (non-hydrogen) atoms. The zero-order valence-electron chi connectivity index (χ0n) is 16.5. The number of amides is 1. The summed E-state index contributed by atoms with van der Waals surface area (Å²) in [7, 11) is 0. The van der Waals surface area contributed by atoms with Gasteiger partial charge in [-0.2, -0.15) is 0 Å². The van der Waals surface area contributed by atoms with E-state index in [1.165, 1.54) is 5.57 Å². The largest absolute Gasteiger partial charge is 0.481 e. The molecule has 1 aromatic carbocycles. The van der Waals surface area contributed by atoms with Crippen LogP contribution >= 0.6 is 0 Å². The molecule has 1 amide bonds. The molecular weight excluding hydrogens is 354 g/mol. The number of carboxylic acids is 1. The standard InChI is InChI=1S/C22H25N3O3/c1-13-19(25-20(21(23)28)14(2)24-13)17-6-4-15(5-7-17)16-8-10-22(3,11-9-16)12-18(26)27/h4-8H,9-12H2,1-3H3,(H2,23,28)(H,26,27). The monoisotopic (exact) mass is 379 g/mol. The number of allylic oxidation sites excluding steroid dienone is 2. The lowest BCUT2D eigenvalue weighted by molar-refractivity contribution is -0.139. The zero-order valence-corrected chi connectivity index (χ0v) is 16.5. The second kappa shape index (κ2) is 7.54. The number of carbonyl (C=O) groups is 2. The van der Waals surface area contributed by atoms with Gasteiger partial charge in [-0.25, -0.2) is 4.98 Å². The number of aromatic nitrogens is 2. The summed E-state index contributed by atoms with van der Waals surface area (Å²) in [5.41, 5.74) is 10.6. The Labute approximate surface area is 164 Å². The van der Waals surface area contributed by atoms with Crippen LogP contribution in [-0.2, 0) is 4.79 Å². The van der Waals surface area contributed by atoms with E-state index in [-0.39, 0.29) is 17.5 Å². The molecule has 2 aromatic rings. The summed E-state index contributed by atoms with van der Waals surface area (Å²) < 4.78 is 0. The van der Waals surface area contributed by atoms with Crippen molar-refractivity contribution in [1.82, 2.24) is 9.97 Å². The van der Waals surface area contributed by atoms with E-state index in [0.29, 0.717) is 11.4 Å². The topological polar surface area (TPSA) is 106 Å². The van der Waals surface area contributed by atoms with Crippen molar-refractivity contribution in [2.24, 2.45) is 11.1 Å². The molecule has 0 aliphatic heterocycles. The molecule has 3 rings (SSSR count). The first kappa shape index (κ1) is 19.7. The quantitative estimate of drug-likeness (QED) is 0.819. The van der Waals surface area contributed by atoms with Crippen molar-refractivity contribution in [1.29, 1.82) is 0 Å². The van der Waals surface area contributed by atoms with Gasteiger partial charge in [-0.05, 0) is 49.7 Å².